The van der Waals surface area contributed by atoms with Gasteiger partial charge in [-0.2, -0.15) is 4.67 Å². The summed E-state index contributed by atoms with van der Waals surface area (Å²) in [6.07, 6.45) is 4.66. The Morgan fingerprint density at radius 2 is 1.94 bits per heavy atom. The fourth-order valence-electron chi connectivity index (χ4n) is 1.26. The predicted octanol–water partition coefficient (Wildman–Crippen LogP) is 4.73. The minimum atomic E-state index is -2.54. The second kappa shape index (κ2) is 9.76. The predicted molar refractivity (Wildman–Crippen MR) is 79.8 cm³/mol. The lowest BCUT2D eigenvalue weighted by molar-refractivity contribution is -0.233. The van der Waals surface area contributed by atoms with Gasteiger partial charge < -0.3 is 4.52 Å². The van der Waals surface area contributed by atoms with Crippen LogP contribution in [0, 0.1) is 5.92 Å². The topological polar surface area (TPSA) is 27.7 Å². The summed E-state index contributed by atoms with van der Waals surface area (Å²) in [5.41, 5.74) is -2.54. The molecule has 0 heterocycles. The van der Waals surface area contributed by atoms with Crippen molar-refractivity contribution in [3.05, 3.63) is 0 Å². The van der Waals surface area contributed by atoms with Crippen molar-refractivity contribution in [3.8, 4) is 0 Å². The fraction of sp³-hybridized carbons (Fsp3) is 1.00. The Balaban J connectivity index is 3.92. The number of thiol groups is 1. The van der Waals surface area contributed by atoms with E-state index in [1.54, 1.807) is 0 Å². The summed E-state index contributed by atoms with van der Waals surface area (Å²) in [4.78, 5) is 5.00. The summed E-state index contributed by atoms with van der Waals surface area (Å²) in [5.74, 6) is 0.534. The molecule has 17 heavy (non-hydrogen) atoms. The Morgan fingerprint density at radius 1 is 1.29 bits per heavy atom. The molecule has 0 saturated heterocycles. The van der Waals surface area contributed by atoms with E-state index in [4.69, 9.17) is 25.9 Å². The maximum absolute atomic E-state index is 5.57. The molecule has 0 aromatic carbocycles. The van der Waals surface area contributed by atoms with Crippen molar-refractivity contribution in [2.24, 2.45) is 5.92 Å². The molecule has 2 unspecified atom stereocenters. The zero-order chi connectivity index (χ0) is 13.3. The van der Waals surface area contributed by atoms with Crippen LogP contribution in [0.4, 0.5) is 0 Å². The molecule has 0 aliphatic rings. The largest absolute Gasteiger partial charge is 0.320 e. The Bertz CT molecular complexity index is 237. The highest BCUT2D eigenvalue weighted by Crippen LogP contribution is 2.54. The lowest BCUT2D eigenvalue weighted by atomic mass is 10.0. The first-order chi connectivity index (χ1) is 7.91. The van der Waals surface area contributed by atoms with Crippen LogP contribution in [-0.4, -0.2) is 12.7 Å². The van der Waals surface area contributed by atoms with Crippen molar-refractivity contribution in [1.29, 1.82) is 0 Å². The van der Waals surface area contributed by atoms with Gasteiger partial charge in [-0.05, 0) is 38.0 Å². The smallest absolute Gasteiger partial charge is 0.275 e. The van der Waals surface area contributed by atoms with Gasteiger partial charge in [-0.25, -0.2) is 4.89 Å². The van der Waals surface area contributed by atoms with Crippen molar-refractivity contribution >= 4 is 29.7 Å². The molecule has 0 spiro atoms. The molecule has 0 aliphatic heterocycles. The molecule has 0 radical (unpaired) electrons. The van der Waals surface area contributed by atoms with E-state index < -0.39 is 5.69 Å². The molecule has 3 nitrogen and oxygen atoms in total. The summed E-state index contributed by atoms with van der Waals surface area (Å²) in [6, 6.07) is 0. The van der Waals surface area contributed by atoms with Gasteiger partial charge in [0.15, 0.2) is 0 Å². The monoisotopic (exact) mass is 300 g/mol. The van der Waals surface area contributed by atoms with Gasteiger partial charge in [0.05, 0.1) is 12.7 Å². The number of rotatable bonds is 10. The van der Waals surface area contributed by atoms with Crippen molar-refractivity contribution in [2.75, 3.05) is 6.61 Å². The van der Waals surface area contributed by atoms with Crippen LogP contribution in [0.15, 0.2) is 0 Å². The van der Waals surface area contributed by atoms with Gasteiger partial charge in [-0.3, -0.25) is 0 Å². The third-order valence-corrected chi connectivity index (χ3v) is 4.14. The number of hydrogen-bond acceptors (Lipinski definition) is 4. The Labute approximate surface area is 116 Å². The Kier molecular flexibility index (Phi) is 10.3. The first-order valence-corrected chi connectivity index (χ1v) is 10.0. The van der Waals surface area contributed by atoms with Crippen LogP contribution < -0.4 is 0 Å². The van der Waals surface area contributed by atoms with E-state index in [0.717, 1.165) is 6.42 Å². The maximum Gasteiger partial charge on any atom is 0.275 e. The average molecular weight is 300 g/mol. The van der Waals surface area contributed by atoms with Crippen molar-refractivity contribution in [2.45, 2.75) is 59.5 Å². The van der Waals surface area contributed by atoms with Gasteiger partial charge in [0.1, 0.15) is 0 Å². The van der Waals surface area contributed by atoms with Crippen LogP contribution in [0.1, 0.15) is 53.4 Å². The molecule has 0 rings (SSSR count). The van der Waals surface area contributed by atoms with E-state index in [2.05, 4.69) is 26.1 Å². The van der Waals surface area contributed by atoms with E-state index in [0.29, 0.717) is 12.5 Å². The van der Waals surface area contributed by atoms with Crippen LogP contribution in [0.2, 0.25) is 0 Å². The highest BCUT2D eigenvalue weighted by atomic mass is 32.9. The molecule has 104 valence electrons. The molecule has 0 bridgehead atoms. The third-order valence-electron chi connectivity index (χ3n) is 2.35. The maximum atomic E-state index is 5.57. The second-order valence-electron chi connectivity index (χ2n) is 4.40. The fourth-order valence-corrected chi connectivity index (χ4v) is 2.59. The Morgan fingerprint density at radius 3 is 2.41 bits per heavy atom. The highest BCUT2D eigenvalue weighted by Gasteiger charge is 2.18. The van der Waals surface area contributed by atoms with Gasteiger partial charge in [-0.1, -0.05) is 45.4 Å². The average Bonchev–Trinajstić information content (AvgIpc) is 2.27. The summed E-state index contributed by atoms with van der Waals surface area (Å²) in [5, 5.41) is 0. The van der Waals surface area contributed by atoms with Gasteiger partial charge in [-0.15, -0.1) is 0 Å². The van der Waals surface area contributed by atoms with Crippen LogP contribution in [0.25, 0.3) is 0 Å². The normalized spacial score (nSPS) is 17.1. The highest BCUT2D eigenvalue weighted by molar-refractivity contribution is 8.60. The molecule has 0 aromatic heterocycles. The summed E-state index contributed by atoms with van der Waals surface area (Å²) >= 11 is 9.37. The molecular formula is C11H25O3PS2. The van der Waals surface area contributed by atoms with Crippen molar-refractivity contribution < 1.29 is 14.1 Å². The molecule has 6 heteroatoms. The minimum Gasteiger partial charge on any atom is -0.320 e. The van der Waals surface area contributed by atoms with Gasteiger partial charge in [0.2, 0.25) is 0 Å². The zero-order valence-corrected chi connectivity index (χ0v) is 13.8. The second-order valence-corrected chi connectivity index (χ2v) is 9.58. The number of hydrogen-bond donors (Lipinski definition) is 1. The lowest BCUT2D eigenvalue weighted by Gasteiger charge is -2.20. The van der Waals surface area contributed by atoms with Crippen LogP contribution >= 0.6 is 17.9 Å². The molecule has 0 aromatic rings. The minimum absolute atomic E-state index is 0.0323. The molecule has 0 saturated carbocycles. The SMILES string of the molecule is CCCCC(CC)COP(=S)(S)OOC(C)C. The molecule has 0 aliphatic carbocycles. The molecule has 0 fully saturated rings. The van der Waals surface area contributed by atoms with Gasteiger partial charge in [0, 0.05) is 0 Å². The summed E-state index contributed by atoms with van der Waals surface area (Å²) in [6.45, 7) is 8.71. The van der Waals surface area contributed by atoms with Crippen molar-refractivity contribution in [1.82, 2.24) is 0 Å². The van der Waals surface area contributed by atoms with Crippen LogP contribution in [0.5, 0.6) is 0 Å². The molecule has 0 N–H and O–H groups in total. The van der Waals surface area contributed by atoms with E-state index in [1.165, 1.54) is 19.3 Å². The zero-order valence-electron chi connectivity index (χ0n) is 11.2. The molecular weight excluding hydrogens is 275 g/mol. The third kappa shape index (κ3) is 10.5. The van der Waals surface area contributed by atoms with Crippen LogP contribution in [-0.2, 0) is 25.9 Å². The van der Waals surface area contributed by atoms with Gasteiger partial charge >= 0.3 is 0 Å². The quantitative estimate of drug-likeness (QED) is 0.273. The standard InChI is InChI=1S/C11H25O3PS2/c1-5-7-8-11(6-2)9-12-15(16,17)14-13-10(3)4/h10-11H,5-9H2,1-4H3,(H,16,17). The van der Waals surface area contributed by atoms with E-state index in [1.807, 2.05) is 13.8 Å². The summed E-state index contributed by atoms with van der Waals surface area (Å²) in [7, 11) is 0. The van der Waals surface area contributed by atoms with E-state index >= 15 is 0 Å². The van der Waals surface area contributed by atoms with Crippen LogP contribution in [0.3, 0.4) is 0 Å². The van der Waals surface area contributed by atoms with Crippen molar-refractivity contribution in [3.63, 3.8) is 0 Å². The summed E-state index contributed by atoms with van der Waals surface area (Å²) < 4.78 is 10.6. The molecule has 2 atom stereocenters. The number of unbranched alkanes of at least 4 members (excludes halogenated alkanes) is 1. The Hall–Kier alpha value is 0.880. The van der Waals surface area contributed by atoms with E-state index in [9.17, 15) is 0 Å². The molecule has 0 amide bonds. The van der Waals surface area contributed by atoms with E-state index in [-0.39, 0.29) is 6.10 Å². The first-order valence-electron chi connectivity index (χ1n) is 6.23. The lowest BCUT2D eigenvalue weighted by Crippen LogP contribution is -2.08. The first kappa shape index (κ1) is 17.9. The van der Waals surface area contributed by atoms with Gasteiger partial charge in [0.25, 0.3) is 5.69 Å².